The molecule has 7 rings (SSSR count). The summed E-state index contributed by atoms with van der Waals surface area (Å²) in [4.78, 5) is 71.1. The Morgan fingerprint density at radius 1 is 0.845 bits per heavy atom. The number of aromatic amines is 2. The molecule has 4 N–H and O–H groups in total. The maximum absolute atomic E-state index is 15.9. The molecule has 0 unspecified atom stereocenters. The Hall–Kier alpha value is -5.77. The van der Waals surface area contributed by atoms with Crippen molar-refractivity contribution in [3.05, 3.63) is 71.3 Å². The van der Waals surface area contributed by atoms with Crippen LogP contribution >= 0.6 is 0 Å². The lowest BCUT2D eigenvalue weighted by Crippen LogP contribution is -2.54. The first-order chi connectivity index (χ1) is 28.0. The molecule has 3 aliphatic rings. The Bertz CT molecular complexity index is 2170. The van der Waals surface area contributed by atoms with Gasteiger partial charge in [0.05, 0.1) is 50.0 Å². The summed E-state index contributed by atoms with van der Waals surface area (Å²) in [6.45, 7) is 4.61. The van der Waals surface area contributed by atoms with Gasteiger partial charge >= 0.3 is 12.2 Å². The van der Waals surface area contributed by atoms with E-state index in [0.29, 0.717) is 43.0 Å². The number of ether oxygens (including phenoxy) is 3. The number of fused-ring (bicyclic) bond motifs is 3. The first-order valence-corrected chi connectivity index (χ1v) is 19.9. The van der Waals surface area contributed by atoms with E-state index in [1.54, 1.807) is 24.1 Å². The third-order valence-electron chi connectivity index (χ3n) is 11.7. The lowest BCUT2D eigenvalue weighted by Gasteiger charge is -2.30. The van der Waals surface area contributed by atoms with E-state index in [-0.39, 0.29) is 23.9 Å². The van der Waals surface area contributed by atoms with Gasteiger partial charge in [-0.1, -0.05) is 31.2 Å². The average molecular weight is 799 g/mol. The van der Waals surface area contributed by atoms with Crippen LogP contribution < -0.4 is 10.6 Å². The number of nitrogens with one attached hydrogen (secondary N) is 4. The number of imidazole rings is 2. The number of rotatable bonds is 11. The van der Waals surface area contributed by atoms with E-state index in [1.165, 1.54) is 27.4 Å². The molecule has 16 heteroatoms. The highest BCUT2D eigenvalue weighted by Crippen LogP contribution is 2.39. The molecule has 2 aromatic heterocycles. The second kappa shape index (κ2) is 17.4. The number of alkyl carbamates (subject to hydrolysis) is 2. The predicted molar refractivity (Wildman–Crippen MR) is 212 cm³/mol. The zero-order valence-electron chi connectivity index (χ0n) is 33.5. The van der Waals surface area contributed by atoms with Crippen molar-refractivity contribution in [3.63, 3.8) is 0 Å². The fourth-order valence-electron chi connectivity index (χ4n) is 8.46. The van der Waals surface area contributed by atoms with E-state index in [1.807, 2.05) is 30.0 Å². The molecule has 0 spiro atoms. The van der Waals surface area contributed by atoms with Crippen molar-refractivity contribution >= 4 is 24.0 Å². The minimum Gasteiger partial charge on any atom is -0.453 e. The Morgan fingerprint density at radius 3 is 2.17 bits per heavy atom. The monoisotopic (exact) mass is 798 g/mol. The number of halogens is 1. The van der Waals surface area contributed by atoms with Gasteiger partial charge in [-0.25, -0.2) is 23.9 Å². The van der Waals surface area contributed by atoms with E-state index >= 15 is 4.39 Å². The van der Waals surface area contributed by atoms with Gasteiger partial charge in [-0.05, 0) is 87.1 Å². The maximum Gasteiger partial charge on any atom is 0.407 e. The number of aromatic nitrogens is 4. The number of methoxy groups -OCH3 is 3. The first-order valence-electron chi connectivity index (χ1n) is 19.9. The van der Waals surface area contributed by atoms with Crippen LogP contribution in [0.15, 0.2) is 42.6 Å². The third-order valence-corrected chi connectivity index (χ3v) is 11.7. The van der Waals surface area contributed by atoms with E-state index in [2.05, 4.69) is 31.7 Å². The fraction of sp³-hybridized carbons (Fsp3) is 0.476. The molecule has 0 radical (unpaired) electrons. The number of nitrogens with zero attached hydrogens (tertiary/aromatic N) is 4. The van der Waals surface area contributed by atoms with Crippen LogP contribution in [0.25, 0.3) is 33.6 Å². The van der Waals surface area contributed by atoms with Crippen molar-refractivity contribution < 1.29 is 37.8 Å². The molecular formula is C42H51FN8O7. The molecule has 2 aromatic carbocycles. The number of likely N-dealkylation sites (tertiary alicyclic amines) is 2. The number of benzene rings is 2. The summed E-state index contributed by atoms with van der Waals surface area (Å²) in [7, 11) is 3.98. The molecule has 15 nitrogen and oxygen atoms in total. The molecule has 4 aromatic rings. The van der Waals surface area contributed by atoms with Gasteiger partial charge in [0.25, 0.3) is 0 Å². The number of carbonyl (C=O) groups excluding carboxylic acids is 4. The number of hydrogen-bond donors (Lipinski definition) is 4. The lowest BCUT2D eigenvalue weighted by molar-refractivity contribution is -0.137. The van der Waals surface area contributed by atoms with Crippen molar-refractivity contribution in [1.82, 2.24) is 40.4 Å². The lowest BCUT2D eigenvalue weighted by atomic mass is 9.95. The topological polar surface area (TPSA) is 184 Å². The Kier molecular flexibility index (Phi) is 12.1. The van der Waals surface area contributed by atoms with Crippen LogP contribution in [-0.4, -0.2) is 106 Å². The van der Waals surface area contributed by atoms with Crippen molar-refractivity contribution in [2.75, 3.05) is 34.4 Å². The van der Waals surface area contributed by atoms with Gasteiger partial charge in [0.2, 0.25) is 11.8 Å². The normalized spacial score (nSPS) is 19.1. The van der Waals surface area contributed by atoms with Crippen LogP contribution in [-0.2, 0) is 36.6 Å². The Balaban J connectivity index is 1.08. The molecule has 2 fully saturated rings. The Labute approximate surface area is 336 Å². The summed E-state index contributed by atoms with van der Waals surface area (Å²) in [6, 6.07) is 9.04. The second-order valence-electron chi connectivity index (χ2n) is 15.1. The molecule has 4 amide bonds. The number of aryl methyl sites for hydroxylation is 2. The Morgan fingerprint density at radius 2 is 1.50 bits per heavy atom. The maximum atomic E-state index is 15.9. The number of carbonyl (C=O) groups is 4. The highest BCUT2D eigenvalue weighted by Gasteiger charge is 2.39. The van der Waals surface area contributed by atoms with Crippen LogP contribution in [0.1, 0.15) is 87.4 Å². The van der Waals surface area contributed by atoms with Crippen LogP contribution in [0, 0.1) is 5.82 Å². The number of amides is 4. The number of hydrogen-bond acceptors (Lipinski definition) is 9. The molecule has 308 valence electrons. The van der Waals surface area contributed by atoms with Gasteiger partial charge in [0.15, 0.2) is 0 Å². The summed E-state index contributed by atoms with van der Waals surface area (Å²) in [5.41, 5.74) is 6.48. The van der Waals surface area contributed by atoms with Crippen molar-refractivity contribution in [2.24, 2.45) is 0 Å². The van der Waals surface area contributed by atoms with Gasteiger partial charge in [-0.15, -0.1) is 0 Å². The van der Waals surface area contributed by atoms with E-state index in [0.717, 1.165) is 78.0 Å². The number of H-pyrrole nitrogens is 2. The molecule has 58 heavy (non-hydrogen) atoms. The molecule has 0 saturated carbocycles. The van der Waals surface area contributed by atoms with Crippen molar-refractivity contribution in [1.29, 1.82) is 0 Å². The summed E-state index contributed by atoms with van der Waals surface area (Å²) < 4.78 is 30.8. The smallest absolute Gasteiger partial charge is 0.407 e. The molecule has 5 atom stereocenters. The van der Waals surface area contributed by atoms with Gasteiger partial charge < -0.3 is 44.6 Å². The summed E-state index contributed by atoms with van der Waals surface area (Å²) in [5, 5.41) is 5.25. The second-order valence-corrected chi connectivity index (χ2v) is 15.1. The third kappa shape index (κ3) is 8.02. The van der Waals surface area contributed by atoms with Crippen molar-refractivity contribution in [3.8, 4) is 33.6 Å². The summed E-state index contributed by atoms with van der Waals surface area (Å²) in [6.07, 6.45) is 5.57. The molecular weight excluding hydrogens is 748 g/mol. The molecule has 2 aliphatic heterocycles. The zero-order valence-corrected chi connectivity index (χ0v) is 33.5. The molecule has 0 bridgehead atoms. The average Bonchev–Trinajstić information content (AvgIpc) is 4.07. The SMILES string of the molecule is CC[C@H](NC(=O)OC)C(=O)N1CCC[C@H]1c1nc2c([nH]1)CCCc1cc(-c3ccc(-c4cnc([C@@H]5CCCN5C(=O)[C@@H](NC(=O)OC)[C@H](C)OC)[nH]4)c(F)c3)ccc1-2. The highest BCUT2D eigenvalue weighted by molar-refractivity contribution is 5.87. The van der Waals surface area contributed by atoms with Crippen LogP contribution in [0.2, 0.25) is 0 Å². The van der Waals surface area contributed by atoms with E-state index in [4.69, 9.17) is 19.2 Å². The van der Waals surface area contributed by atoms with E-state index < -0.39 is 36.2 Å². The predicted octanol–water partition coefficient (Wildman–Crippen LogP) is 5.98. The minimum absolute atomic E-state index is 0.150. The van der Waals surface area contributed by atoms with Gasteiger partial charge in [0, 0.05) is 37.0 Å². The van der Waals surface area contributed by atoms with Crippen molar-refractivity contribution in [2.45, 2.75) is 95.5 Å². The minimum atomic E-state index is -0.956. The molecule has 4 heterocycles. The van der Waals surface area contributed by atoms with Gasteiger partial charge in [-0.2, -0.15) is 0 Å². The highest BCUT2D eigenvalue weighted by atomic mass is 19.1. The first kappa shape index (κ1) is 40.4. The molecule has 2 saturated heterocycles. The zero-order chi connectivity index (χ0) is 41.1. The molecule has 1 aliphatic carbocycles. The largest absolute Gasteiger partial charge is 0.453 e. The fourth-order valence-corrected chi connectivity index (χ4v) is 8.46. The van der Waals surface area contributed by atoms with E-state index in [9.17, 15) is 19.2 Å². The van der Waals surface area contributed by atoms with Crippen LogP contribution in [0.3, 0.4) is 0 Å². The van der Waals surface area contributed by atoms with Gasteiger partial charge in [0.1, 0.15) is 29.5 Å². The quantitative estimate of drug-likeness (QED) is 0.142. The van der Waals surface area contributed by atoms with Gasteiger partial charge in [-0.3, -0.25) is 9.59 Å². The summed E-state index contributed by atoms with van der Waals surface area (Å²) >= 11 is 0. The standard InChI is InChI=1S/C42H51FN8O7/c1-6-30(47-41(54)57-4)39(52)50-18-9-13-34(50)38-45-31-11-7-10-26-20-24(14-16-27(26)36(31)48-38)25-15-17-28(29(43)21-25)32-22-44-37(46-32)33-12-8-19-51(33)40(53)35(23(2)56-3)49-42(55)58-5/h14-17,20-23,30,33-35H,6-13,18-19H2,1-5H3,(H,44,46)(H,45,48)(H,47,54)(H,49,55)/t23-,30-,33-,34-,35-/m0/s1. The summed E-state index contributed by atoms with van der Waals surface area (Å²) in [5.74, 6) is 0.395. The van der Waals surface area contributed by atoms with Crippen LogP contribution in [0.4, 0.5) is 14.0 Å². The van der Waals surface area contributed by atoms with Crippen LogP contribution in [0.5, 0.6) is 0 Å².